The number of nitrogens with two attached hydrogens (primary N) is 1. The number of hydrogen-bond acceptors (Lipinski definition) is 9. The normalized spacial score (nSPS) is 31.6. The number of nitrogens with one attached hydrogen (secondary N) is 2. The van der Waals surface area contributed by atoms with Crippen LogP contribution in [0.1, 0.15) is 40.5 Å². The number of ether oxygens (including phenoxy) is 3. The number of allylic oxidation sites excluding steroid dienone is 4. The Labute approximate surface area is 247 Å². The Morgan fingerprint density at radius 3 is 2.50 bits per heavy atom. The second-order valence-electron chi connectivity index (χ2n) is 10.6. The molecule has 1 heterocycles. The molecule has 42 heavy (non-hydrogen) atoms. The number of carbonyl (C=O) groups excluding carboxylic acids is 4. The molecular weight excluding hydrogens is 542 g/mol. The number of amides is 2. The third-order valence-electron chi connectivity index (χ3n) is 7.22. The third kappa shape index (κ3) is 9.10. The zero-order valence-corrected chi connectivity index (χ0v) is 25.1. The first-order chi connectivity index (χ1) is 19.8. The molecule has 11 heteroatoms. The van der Waals surface area contributed by atoms with E-state index in [1.54, 1.807) is 45.1 Å². The lowest BCUT2D eigenvalue weighted by Crippen LogP contribution is -2.37. The number of rotatable bonds is 6. The first-order valence-electron chi connectivity index (χ1n) is 13.8. The molecule has 0 aromatic carbocycles. The molecule has 0 saturated carbocycles. The minimum absolute atomic E-state index is 0.132. The number of ketones is 2. The summed E-state index contributed by atoms with van der Waals surface area (Å²) >= 11 is 0. The standard InChI is InChI=1S/C31H43N3O8/c1-8-12-33-26-21-13-17(2)14-25(41-7)27(36)19(4)15-20(5)29(42-31(32)39)24(40-6)11-9-10-18(3)30(38)34-22(28(21)37)16-23(26)35/h8-11,15-17,19,24-25,27,29,33,36H,1,12-14H2,2-7H3,(H2,32,39)(H,34,38)/b11-9-,18-10+,20-15+/t17-,19+,24-,25+,27+,29+/m1/s1. The molecule has 0 fully saturated rings. The Hall–Kier alpha value is -3.80. The monoisotopic (exact) mass is 585 g/mol. The van der Waals surface area contributed by atoms with Gasteiger partial charge < -0.3 is 35.7 Å². The molecule has 2 aliphatic rings. The summed E-state index contributed by atoms with van der Waals surface area (Å²) in [5, 5.41) is 16.7. The van der Waals surface area contributed by atoms with Crippen LogP contribution < -0.4 is 16.4 Å². The van der Waals surface area contributed by atoms with Crippen LogP contribution in [0.3, 0.4) is 0 Å². The second-order valence-corrected chi connectivity index (χ2v) is 10.6. The summed E-state index contributed by atoms with van der Waals surface area (Å²) in [6.07, 6.45) is 5.34. The number of hydrogen-bond donors (Lipinski definition) is 4. The van der Waals surface area contributed by atoms with Crippen molar-refractivity contribution in [3.8, 4) is 0 Å². The molecule has 2 rings (SSSR count). The molecule has 0 saturated heterocycles. The minimum Gasteiger partial charge on any atom is -0.439 e. The van der Waals surface area contributed by atoms with Crippen molar-refractivity contribution in [2.45, 2.75) is 65.0 Å². The number of fused-ring (bicyclic) bond motifs is 2. The van der Waals surface area contributed by atoms with Gasteiger partial charge >= 0.3 is 6.09 Å². The number of aliphatic hydroxyl groups excluding tert-OH is 1. The van der Waals surface area contributed by atoms with E-state index in [-0.39, 0.29) is 41.4 Å². The van der Waals surface area contributed by atoms with Crippen molar-refractivity contribution < 1.29 is 38.5 Å². The maximum absolute atomic E-state index is 13.5. The highest BCUT2D eigenvalue weighted by atomic mass is 16.6. The third-order valence-corrected chi connectivity index (χ3v) is 7.22. The summed E-state index contributed by atoms with van der Waals surface area (Å²) in [4.78, 5) is 51.3. The molecule has 5 N–H and O–H groups in total. The Balaban J connectivity index is 2.62. The number of carbonyl (C=O) groups is 4. The van der Waals surface area contributed by atoms with Crippen molar-refractivity contribution in [1.82, 2.24) is 10.6 Å². The highest BCUT2D eigenvalue weighted by Crippen LogP contribution is 2.28. The van der Waals surface area contributed by atoms with E-state index in [4.69, 9.17) is 19.9 Å². The van der Waals surface area contributed by atoms with Gasteiger partial charge in [0.05, 0.1) is 23.6 Å². The first-order valence-corrected chi connectivity index (χ1v) is 13.8. The van der Waals surface area contributed by atoms with Crippen LogP contribution in [0.4, 0.5) is 4.79 Å². The Morgan fingerprint density at radius 1 is 1.21 bits per heavy atom. The van der Waals surface area contributed by atoms with Gasteiger partial charge in [0.1, 0.15) is 6.10 Å². The van der Waals surface area contributed by atoms with Crippen molar-refractivity contribution in [2.75, 3.05) is 20.8 Å². The predicted molar refractivity (Wildman–Crippen MR) is 158 cm³/mol. The van der Waals surface area contributed by atoms with Crippen LogP contribution in [0.25, 0.3) is 0 Å². The number of primary amides is 1. The van der Waals surface area contributed by atoms with E-state index in [0.29, 0.717) is 12.0 Å². The van der Waals surface area contributed by atoms with Gasteiger partial charge in [0, 0.05) is 43.9 Å². The summed E-state index contributed by atoms with van der Waals surface area (Å²) < 4.78 is 16.6. The average molecular weight is 586 g/mol. The van der Waals surface area contributed by atoms with Crippen LogP contribution in [0.5, 0.6) is 0 Å². The van der Waals surface area contributed by atoms with Gasteiger partial charge in [-0.15, -0.1) is 6.58 Å². The summed E-state index contributed by atoms with van der Waals surface area (Å²) in [5.74, 6) is -2.14. The van der Waals surface area contributed by atoms with Crippen LogP contribution in [-0.4, -0.2) is 73.9 Å². The van der Waals surface area contributed by atoms with Gasteiger partial charge in [-0.25, -0.2) is 4.79 Å². The SMILES string of the molecule is C=CCNC1=C2C[C@@H](C)C[C@H](OC)[C@@H](O)[C@@H](C)/C=C(\C)[C@H](OC(N)=O)[C@H](OC)/C=C\C=C(/C)C(=O)NC(=CC1=O)C2=O. The first kappa shape index (κ1) is 34.4. The lowest BCUT2D eigenvalue weighted by Gasteiger charge is -2.30. The van der Waals surface area contributed by atoms with E-state index in [1.165, 1.54) is 20.3 Å². The van der Waals surface area contributed by atoms with Crippen molar-refractivity contribution in [1.29, 1.82) is 0 Å². The maximum Gasteiger partial charge on any atom is 0.405 e. The summed E-state index contributed by atoms with van der Waals surface area (Å²) in [5.41, 5.74) is 6.42. The number of methoxy groups -OCH3 is 2. The molecular formula is C31H43N3O8. The summed E-state index contributed by atoms with van der Waals surface area (Å²) in [6.45, 7) is 10.9. The van der Waals surface area contributed by atoms with E-state index in [9.17, 15) is 24.3 Å². The Bertz CT molecular complexity index is 1210. The van der Waals surface area contributed by atoms with Crippen molar-refractivity contribution in [3.63, 3.8) is 0 Å². The van der Waals surface area contributed by atoms with Gasteiger partial charge in [0.2, 0.25) is 11.6 Å². The average Bonchev–Trinajstić information content (AvgIpc) is 2.94. The van der Waals surface area contributed by atoms with E-state index < -0.39 is 53.9 Å². The molecule has 0 aromatic heterocycles. The molecule has 2 bridgehead atoms. The van der Waals surface area contributed by atoms with Crippen LogP contribution >= 0.6 is 0 Å². The minimum atomic E-state index is -1.00. The Morgan fingerprint density at radius 2 is 1.90 bits per heavy atom. The molecule has 2 amide bonds. The largest absolute Gasteiger partial charge is 0.439 e. The predicted octanol–water partition coefficient (Wildman–Crippen LogP) is 2.54. The molecule has 6 atom stereocenters. The Kier molecular flexibility index (Phi) is 13.1. The van der Waals surface area contributed by atoms with Gasteiger partial charge in [-0.2, -0.15) is 0 Å². The molecule has 0 spiro atoms. The van der Waals surface area contributed by atoms with Gasteiger partial charge in [-0.05, 0) is 38.2 Å². The van der Waals surface area contributed by atoms with E-state index in [1.807, 2.05) is 6.92 Å². The van der Waals surface area contributed by atoms with Crippen molar-refractivity contribution >= 4 is 23.6 Å². The lowest BCUT2D eigenvalue weighted by molar-refractivity contribution is -0.120. The quantitative estimate of drug-likeness (QED) is 0.271. The molecule has 11 nitrogen and oxygen atoms in total. The second kappa shape index (κ2) is 16.0. The van der Waals surface area contributed by atoms with E-state index in [0.717, 1.165) is 6.08 Å². The van der Waals surface area contributed by atoms with Crippen LogP contribution in [0.15, 0.2) is 71.1 Å². The van der Waals surface area contributed by atoms with Crippen molar-refractivity contribution in [3.05, 3.63) is 71.1 Å². The smallest absolute Gasteiger partial charge is 0.405 e. The fourth-order valence-electron chi connectivity index (χ4n) is 4.95. The van der Waals surface area contributed by atoms with Crippen LogP contribution in [0.2, 0.25) is 0 Å². The van der Waals surface area contributed by atoms with Gasteiger partial charge in [0.15, 0.2) is 6.10 Å². The van der Waals surface area contributed by atoms with Gasteiger partial charge in [-0.3, -0.25) is 14.4 Å². The molecule has 1 aliphatic carbocycles. The topological polar surface area (TPSA) is 166 Å². The summed E-state index contributed by atoms with van der Waals surface area (Å²) in [7, 11) is 2.92. The maximum atomic E-state index is 13.5. The number of aliphatic hydroxyl groups is 1. The van der Waals surface area contributed by atoms with Crippen LogP contribution in [0, 0.1) is 11.8 Å². The number of Topliss-reactive ketones (excluding diaryl/α,β-unsaturated/α-hetero) is 1. The van der Waals surface area contributed by atoms with E-state index in [2.05, 4.69) is 17.2 Å². The zero-order valence-electron chi connectivity index (χ0n) is 25.1. The zero-order chi connectivity index (χ0) is 31.6. The molecule has 230 valence electrons. The highest BCUT2D eigenvalue weighted by Gasteiger charge is 2.33. The molecule has 0 radical (unpaired) electrons. The summed E-state index contributed by atoms with van der Waals surface area (Å²) in [6, 6.07) is 0. The fraction of sp³-hybridized carbons (Fsp3) is 0.484. The van der Waals surface area contributed by atoms with Gasteiger partial charge in [0.25, 0.3) is 5.91 Å². The van der Waals surface area contributed by atoms with Crippen LogP contribution in [-0.2, 0) is 28.6 Å². The molecule has 1 aliphatic heterocycles. The molecule has 0 aromatic rings. The highest BCUT2D eigenvalue weighted by molar-refractivity contribution is 6.23. The van der Waals surface area contributed by atoms with Gasteiger partial charge in [-0.1, -0.05) is 44.2 Å². The van der Waals surface area contributed by atoms with Crippen molar-refractivity contribution in [2.24, 2.45) is 17.6 Å². The lowest BCUT2D eigenvalue weighted by atomic mass is 9.85. The van der Waals surface area contributed by atoms with E-state index >= 15 is 0 Å². The fourth-order valence-corrected chi connectivity index (χ4v) is 4.95. The molecule has 0 unspecified atom stereocenters.